The van der Waals surface area contributed by atoms with Crippen LogP contribution in [0, 0.1) is 5.92 Å². The molecule has 15 nitrogen and oxygen atoms in total. The number of aliphatic carboxylic acids is 7. The summed E-state index contributed by atoms with van der Waals surface area (Å²) in [6.45, 7) is 2.17. The maximum atomic E-state index is 11.3. The third kappa shape index (κ3) is 36.8. The van der Waals surface area contributed by atoms with Gasteiger partial charge >= 0.3 is 89.0 Å². The van der Waals surface area contributed by atoms with Crippen LogP contribution in [-0.4, -0.2) is 78.0 Å². The van der Waals surface area contributed by atoms with Crippen molar-refractivity contribution in [1.29, 1.82) is 0 Å². The van der Waals surface area contributed by atoms with Gasteiger partial charge in [-0.05, 0) is 19.3 Å². The van der Waals surface area contributed by atoms with Gasteiger partial charge in [-0.25, -0.2) is 4.79 Å². The summed E-state index contributed by atoms with van der Waals surface area (Å²) in [5, 5.41) is 71.9. The van der Waals surface area contributed by atoms with E-state index in [0.717, 1.165) is 25.7 Å². The monoisotopic (exact) mass is 674 g/mol. The molecule has 44 heavy (non-hydrogen) atoms. The molecule has 18 heteroatoms. The molecule has 246 valence electrons. The van der Waals surface area contributed by atoms with Gasteiger partial charge in [-0.1, -0.05) is 71.1 Å². The first kappa shape index (κ1) is 55.0. The van der Waals surface area contributed by atoms with E-state index in [9.17, 15) is 54.0 Å². The minimum atomic E-state index is -2.78. The summed E-state index contributed by atoms with van der Waals surface area (Å²) in [5.41, 5.74) is -2.78. The van der Waals surface area contributed by atoms with Crippen LogP contribution in [0.1, 0.15) is 110 Å². The van der Waals surface area contributed by atoms with Gasteiger partial charge in [0.1, 0.15) is 0 Å². The van der Waals surface area contributed by atoms with Crippen molar-refractivity contribution in [1.82, 2.24) is 0 Å². The van der Waals surface area contributed by atoms with Crippen LogP contribution in [0.25, 0.3) is 0 Å². The van der Waals surface area contributed by atoms with E-state index in [0.29, 0.717) is 6.42 Å². The molecule has 0 amide bonds. The van der Waals surface area contributed by atoms with E-state index >= 15 is 0 Å². The standard InChI is InChI=1S/C18H32O7.2C4H6O4.2Na.H2S/c1-2-3-4-5-6-7-8-9-10-11-12-14(16(21)22)18(25,17(23)24)13-15(19)20;2*5-3(6)1-2-4(7)8;;;/h14,25H,2-13H2,1H3,(H,19,20)(H,21,22)(H,23,24);2*1-2H2,(H,5,6)(H,7,8);;;1H2/q;;;2*+1;/p-2. The maximum Gasteiger partial charge on any atom is 1.00 e. The third-order valence-electron chi connectivity index (χ3n) is 5.60. The first-order valence-corrected chi connectivity index (χ1v) is 13.2. The maximum absolute atomic E-state index is 11.3. The van der Waals surface area contributed by atoms with E-state index in [2.05, 4.69) is 6.92 Å². The van der Waals surface area contributed by atoms with Crippen molar-refractivity contribution in [2.45, 2.75) is 115 Å². The Bertz CT molecular complexity index is 786. The van der Waals surface area contributed by atoms with E-state index in [1.54, 1.807) is 0 Å². The molecule has 0 fully saturated rings. The smallest absolute Gasteiger partial charge is 0.550 e. The van der Waals surface area contributed by atoms with Crippen molar-refractivity contribution in [2.75, 3.05) is 0 Å². The minimum absolute atomic E-state index is 0. The Morgan fingerprint density at radius 3 is 1.18 bits per heavy atom. The molecule has 2 atom stereocenters. The second kappa shape index (κ2) is 34.5. The summed E-state index contributed by atoms with van der Waals surface area (Å²) >= 11 is 0. The van der Waals surface area contributed by atoms with Crippen molar-refractivity contribution in [3.05, 3.63) is 0 Å². The van der Waals surface area contributed by atoms with Gasteiger partial charge in [0.05, 0.1) is 25.2 Å². The first-order valence-electron chi connectivity index (χ1n) is 13.2. The molecular formula is C26H44Na2O15S. The van der Waals surface area contributed by atoms with Crippen LogP contribution in [0.15, 0.2) is 0 Å². The van der Waals surface area contributed by atoms with E-state index in [-0.39, 0.29) is 91.9 Å². The fraction of sp³-hybridized carbons (Fsp3) is 0.731. The Morgan fingerprint density at radius 2 is 0.932 bits per heavy atom. The summed E-state index contributed by atoms with van der Waals surface area (Å²) in [6, 6.07) is 0. The molecule has 0 spiro atoms. The normalized spacial score (nSPS) is 11.4. The predicted octanol–water partition coefficient (Wildman–Crippen LogP) is -5.39. The molecule has 0 bridgehead atoms. The van der Waals surface area contributed by atoms with Gasteiger partial charge in [0.2, 0.25) is 0 Å². The van der Waals surface area contributed by atoms with E-state index in [4.69, 9.17) is 20.4 Å². The van der Waals surface area contributed by atoms with Crippen molar-refractivity contribution < 1.29 is 134 Å². The van der Waals surface area contributed by atoms with E-state index in [1.807, 2.05) is 0 Å². The zero-order valence-electron chi connectivity index (χ0n) is 25.7. The summed E-state index contributed by atoms with van der Waals surface area (Å²) in [5.74, 6) is -11.4. The summed E-state index contributed by atoms with van der Waals surface area (Å²) < 4.78 is 0. The molecule has 0 saturated heterocycles. The van der Waals surface area contributed by atoms with Gasteiger partial charge in [-0.15, -0.1) is 0 Å². The van der Waals surface area contributed by atoms with Crippen LogP contribution < -0.4 is 69.3 Å². The van der Waals surface area contributed by atoms with Crippen LogP contribution in [-0.2, 0) is 33.6 Å². The number of unbranched alkanes of at least 4 members (excludes halogenated alkanes) is 9. The Kier molecular flexibility index (Phi) is 43.1. The largest absolute Gasteiger partial charge is 1.00 e. The number of carboxylic acid groups (broad SMARTS) is 7. The number of hydrogen-bond donors (Lipinski definition) is 6. The van der Waals surface area contributed by atoms with Crippen LogP contribution in [0.4, 0.5) is 0 Å². The number of hydrogen-bond acceptors (Lipinski definition) is 10. The summed E-state index contributed by atoms with van der Waals surface area (Å²) in [6.07, 6.45) is 7.72. The molecular weight excluding hydrogens is 630 g/mol. The molecule has 0 aliphatic heterocycles. The predicted molar refractivity (Wildman–Crippen MR) is 147 cm³/mol. The third-order valence-corrected chi connectivity index (χ3v) is 5.60. The van der Waals surface area contributed by atoms with Crippen LogP contribution in [0.5, 0.6) is 0 Å². The van der Waals surface area contributed by atoms with Crippen molar-refractivity contribution in [3.63, 3.8) is 0 Å². The molecule has 0 aromatic heterocycles. The summed E-state index contributed by atoms with van der Waals surface area (Å²) in [7, 11) is 0. The van der Waals surface area contributed by atoms with Crippen LogP contribution in [0.2, 0.25) is 0 Å². The van der Waals surface area contributed by atoms with Gasteiger partial charge < -0.3 is 50.4 Å². The van der Waals surface area contributed by atoms with Crippen molar-refractivity contribution in [3.8, 4) is 0 Å². The number of rotatable bonds is 22. The Hall–Kier alpha value is -1.40. The molecule has 0 heterocycles. The van der Waals surface area contributed by atoms with Gasteiger partial charge in [-0.2, -0.15) is 13.5 Å². The fourth-order valence-corrected chi connectivity index (χ4v) is 3.40. The van der Waals surface area contributed by atoms with E-state index in [1.165, 1.54) is 32.1 Å². The molecule has 6 N–H and O–H groups in total. The van der Waals surface area contributed by atoms with Gasteiger partial charge in [-0.3, -0.25) is 19.2 Å². The number of carbonyl (C=O) groups is 7. The van der Waals surface area contributed by atoms with Gasteiger partial charge in [0.25, 0.3) is 0 Å². The van der Waals surface area contributed by atoms with Gasteiger partial charge in [0, 0.05) is 11.9 Å². The SMILES string of the molecule is CCCCCCCCCCCCC(C(=O)O)C(O)(CC(=O)O)C(=O)O.O=C(O)CCC(=O)O.O=C([O-])CCC(=O)[O-].S.[Na+].[Na+]. The topological polar surface area (TPSA) is 287 Å². The van der Waals surface area contributed by atoms with E-state index < -0.39 is 72.6 Å². The molecule has 0 rings (SSSR count). The second-order valence-corrected chi connectivity index (χ2v) is 9.19. The summed E-state index contributed by atoms with van der Waals surface area (Å²) in [4.78, 5) is 71.6. The van der Waals surface area contributed by atoms with Gasteiger partial charge in [0.15, 0.2) is 5.60 Å². The Balaban J connectivity index is -0.000000157. The first-order chi connectivity index (χ1) is 19.0. The second-order valence-electron chi connectivity index (χ2n) is 9.19. The molecule has 2 unspecified atom stereocenters. The average molecular weight is 675 g/mol. The van der Waals surface area contributed by atoms with Crippen molar-refractivity contribution in [2.24, 2.45) is 5.92 Å². The molecule has 0 aliphatic rings. The van der Waals surface area contributed by atoms with Crippen molar-refractivity contribution >= 4 is 55.3 Å². The zero-order chi connectivity index (χ0) is 32.4. The molecule has 0 aliphatic carbocycles. The quantitative estimate of drug-likeness (QED) is 0.0462. The zero-order valence-corrected chi connectivity index (χ0v) is 30.7. The van der Waals surface area contributed by atoms with Crippen LogP contribution >= 0.6 is 13.5 Å². The van der Waals surface area contributed by atoms with Crippen LogP contribution in [0.3, 0.4) is 0 Å². The fourth-order valence-electron chi connectivity index (χ4n) is 3.40. The molecule has 0 saturated carbocycles. The Morgan fingerprint density at radius 1 is 0.591 bits per heavy atom. The average Bonchev–Trinajstić information content (AvgIpc) is 2.84. The minimum Gasteiger partial charge on any atom is -0.550 e. The Labute approximate surface area is 307 Å². The number of aliphatic hydroxyl groups is 1. The number of carboxylic acids is 7. The molecule has 0 aromatic carbocycles. The number of carbonyl (C=O) groups excluding carboxylic acids is 2. The molecule has 0 aromatic rings. The molecule has 0 radical (unpaired) electrons.